The molecular weight excluding hydrogens is 464 g/mol. The van der Waals surface area contributed by atoms with E-state index in [4.69, 9.17) is 14.2 Å². The molecule has 0 bridgehead atoms. The van der Waals surface area contributed by atoms with Crippen LogP contribution in [0.15, 0.2) is 0 Å². The van der Waals surface area contributed by atoms with E-state index < -0.39 is 0 Å². The molecule has 0 spiro atoms. The third kappa shape index (κ3) is 11.8. The Kier molecular flexibility index (Phi) is 15.4. The van der Waals surface area contributed by atoms with E-state index in [0.717, 1.165) is 71.6 Å². The molecule has 2 fully saturated rings. The molecular formula is C25H50N6O5. The van der Waals surface area contributed by atoms with Crippen LogP contribution < -0.4 is 10.6 Å². The predicted octanol–water partition coefficient (Wildman–Crippen LogP) is -1.07. The average molecular weight is 515 g/mol. The van der Waals surface area contributed by atoms with Crippen molar-refractivity contribution in [3.63, 3.8) is 0 Å². The Labute approximate surface area is 217 Å². The number of amides is 2. The fourth-order valence-corrected chi connectivity index (χ4v) is 4.76. The summed E-state index contributed by atoms with van der Waals surface area (Å²) in [6.45, 7) is 11.1. The molecule has 0 aromatic rings. The summed E-state index contributed by atoms with van der Waals surface area (Å²) in [7, 11) is 7.75. The Hall–Kier alpha value is -1.34. The number of rotatable bonds is 17. The van der Waals surface area contributed by atoms with Gasteiger partial charge >= 0.3 is 0 Å². The van der Waals surface area contributed by atoms with Gasteiger partial charge in [0.2, 0.25) is 11.8 Å². The lowest BCUT2D eigenvalue weighted by atomic mass is 9.99. The van der Waals surface area contributed by atoms with Gasteiger partial charge in [-0.2, -0.15) is 0 Å². The zero-order valence-corrected chi connectivity index (χ0v) is 23.0. The number of unbranched alkanes of at least 4 members (excludes halogenated alkanes) is 2. The van der Waals surface area contributed by atoms with Crippen LogP contribution in [0.25, 0.3) is 0 Å². The molecule has 210 valence electrons. The van der Waals surface area contributed by atoms with E-state index in [-0.39, 0.29) is 25.0 Å². The predicted molar refractivity (Wildman–Crippen MR) is 140 cm³/mol. The summed E-state index contributed by atoms with van der Waals surface area (Å²) in [6, 6.07) is 1.02. The first-order chi connectivity index (χ1) is 17.4. The second-order valence-corrected chi connectivity index (χ2v) is 9.82. The van der Waals surface area contributed by atoms with Crippen LogP contribution in [0.5, 0.6) is 0 Å². The van der Waals surface area contributed by atoms with E-state index in [1.165, 1.54) is 0 Å². The van der Waals surface area contributed by atoms with Crippen LogP contribution in [0.2, 0.25) is 0 Å². The third-order valence-corrected chi connectivity index (χ3v) is 7.22. The molecule has 0 saturated carbocycles. The van der Waals surface area contributed by atoms with Crippen LogP contribution in [0, 0.1) is 0 Å². The van der Waals surface area contributed by atoms with Crippen molar-refractivity contribution in [2.75, 3.05) is 120 Å². The molecule has 2 atom stereocenters. The van der Waals surface area contributed by atoms with E-state index in [1.807, 2.05) is 0 Å². The van der Waals surface area contributed by atoms with Gasteiger partial charge in [-0.05, 0) is 39.9 Å². The Bertz CT molecular complexity index is 576. The third-order valence-electron chi connectivity index (χ3n) is 7.22. The lowest BCUT2D eigenvalue weighted by Crippen LogP contribution is -2.65. The lowest BCUT2D eigenvalue weighted by molar-refractivity contribution is -0.126. The van der Waals surface area contributed by atoms with Gasteiger partial charge < -0.3 is 29.7 Å². The molecule has 11 heteroatoms. The number of piperazine rings is 2. The number of hydrogen-bond acceptors (Lipinski definition) is 9. The quantitative estimate of drug-likeness (QED) is 0.235. The number of nitrogens with zero attached hydrogens (tertiary/aromatic N) is 4. The summed E-state index contributed by atoms with van der Waals surface area (Å²) in [6.07, 6.45) is 3.28. The van der Waals surface area contributed by atoms with Crippen molar-refractivity contribution in [3.05, 3.63) is 0 Å². The molecule has 2 aliphatic rings. The van der Waals surface area contributed by atoms with E-state index in [2.05, 4.69) is 44.3 Å². The Morgan fingerprint density at radius 2 is 1.19 bits per heavy atom. The molecule has 0 aromatic heterocycles. The standard InChI is InChI=1S/C25H50N6O5/c1-26-24(32)20-35-14-7-5-6-8-30-11-9-28(3)22(18-30)23-19-31(12-10-29(23)4)13-15-34-16-17-36-21-25(33)27-2/h22-23H,5-21H2,1-4H3,(H,26,32)(H,27,33). The first-order valence-electron chi connectivity index (χ1n) is 13.4. The summed E-state index contributed by atoms with van der Waals surface area (Å²) < 4.78 is 16.4. The van der Waals surface area contributed by atoms with E-state index in [0.29, 0.717) is 38.5 Å². The summed E-state index contributed by atoms with van der Waals surface area (Å²) in [5, 5.41) is 5.11. The van der Waals surface area contributed by atoms with Crippen molar-refractivity contribution in [1.82, 2.24) is 30.2 Å². The van der Waals surface area contributed by atoms with Gasteiger partial charge in [0.05, 0.1) is 19.8 Å². The van der Waals surface area contributed by atoms with Crippen LogP contribution in [0.1, 0.15) is 19.3 Å². The summed E-state index contributed by atoms with van der Waals surface area (Å²) in [5.74, 6) is -0.185. The molecule has 0 aromatic carbocycles. The smallest absolute Gasteiger partial charge is 0.245 e. The Morgan fingerprint density at radius 1 is 0.667 bits per heavy atom. The van der Waals surface area contributed by atoms with Crippen LogP contribution >= 0.6 is 0 Å². The average Bonchev–Trinajstić information content (AvgIpc) is 2.89. The highest BCUT2D eigenvalue weighted by Crippen LogP contribution is 2.19. The van der Waals surface area contributed by atoms with E-state index in [1.54, 1.807) is 14.1 Å². The van der Waals surface area contributed by atoms with Crippen LogP contribution in [0.3, 0.4) is 0 Å². The van der Waals surface area contributed by atoms with Crippen LogP contribution in [0.4, 0.5) is 0 Å². The van der Waals surface area contributed by atoms with E-state index >= 15 is 0 Å². The molecule has 2 amide bonds. The van der Waals surface area contributed by atoms with Crippen molar-refractivity contribution < 1.29 is 23.8 Å². The maximum absolute atomic E-state index is 11.2. The summed E-state index contributed by atoms with van der Waals surface area (Å²) in [5.41, 5.74) is 0. The fraction of sp³-hybridized carbons (Fsp3) is 0.920. The largest absolute Gasteiger partial charge is 0.378 e. The zero-order valence-electron chi connectivity index (χ0n) is 23.0. The highest BCUT2D eigenvalue weighted by atomic mass is 16.5. The number of ether oxygens (including phenoxy) is 3. The van der Waals surface area contributed by atoms with Gasteiger partial charge in [-0.1, -0.05) is 0 Å². The molecule has 2 N–H and O–H groups in total. The number of carbonyl (C=O) groups is 2. The number of hydrogen-bond donors (Lipinski definition) is 2. The summed E-state index contributed by atoms with van der Waals surface area (Å²) >= 11 is 0. The number of carbonyl (C=O) groups excluding carboxylic acids is 2. The van der Waals surface area contributed by atoms with Gasteiger partial charge in [0.1, 0.15) is 13.2 Å². The first-order valence-corrected chi connectivity index (χ1v) is 13.4. The van der Waals surface area contributed by atoms with Crippen molar-refractivity contribution in [1.29, 1.82) is 0 Å². The molecule has 2 saturated heterocycles. The van der Waals surface area contributed by atoms with Crippen molar-refractivity contribution in [3.8, 4) is 0 Å². The second-order valence-electron chi connectivity index (χ2n) is 9.82. The van der Waals surface area contributed by atoms with Crippen molar-refractivity contribution in [2.24, 2.45) is 0 Å². The van der Waals surface area contributed by atoms with Gasteiger partial charge in [0.15, 0.2) is 0 Å². The van der Waals surface area contributed by atoms with Gasteiger partial charge in [-0.15, -0.1) is 0 Å². The molecule has 2 rings (SSSR count). The van der Waals surface area contributed by atoms with Crippen molar-refractivity contribution >= 4 is 11.8 Å². The molecule has 0 radical (unpaired) electrons. The first kappa shape index (κ1) is 30.9. The molecule has 2 unspecified atom stereocenters. The molecule has 2 heterocycles. The molecule has 11 nitrogen and oxygen atoms in total. The van der Waals surface area contributed by atoms with Gasteiger partial charge in [0, 0.05) is 78.6 Å². The van der Waals surface area contributed by atoms with Gasteiger partial charge in [-0.3, -0.25) is 24.3 Å². The zero-order chi connectivity index (χ0) is 26.2. The highest BCUT2D eigenvalue weighted by molar-refractivity contribution is 5.77. The maximum atomic E-state index is 11.2. The van der Waals surface area contributed by atoms with Gasteiger partial charge in [0.25, 0.3) is 0 Å². The number of likely N-dealkylation sites (N-methyl/N-ethyl adjacent to an activating group) is 4. The topological polar surface area (TPSA) is 98.9 Å². The van der Waals surface area contributed by atoms with Crippen LogP contribution in [-0.2, 0) is 23.8 Å². The lowest BCUT2D eigenvalue weighted by Gasteiger charge is -2.49. The minimum atomic E-state index is -0.117. The minimum Gasteiger partial charge on any atom is -0.378 e. The SMILES string of the molecule is CNC(=O)COCCCCCN1CCN(C)C(C2CN(CCOCCOCC(=O)NC)CCN2C)C1. The monoisotopic (exact) mass is 514 g/mol. The normalized spacial score (nSPS) is 22.6. The van der Waals surface area contributed by atoms with Crippen LogP contribution in [-0.4, -0.2) is 164 Å². The second kappa shape index (κ2) is 18.0. The van der Waals surface area contributed by atoms with Gasteiger partial charge in [-0.25, -0.2) is 0 Å². The molecule has 36 heavy (non-hydrogen) atoms. The minimum absolute atomic E-state index is 0.0682. The van der Waals surface area contributed by atoms with Crippen molar-refractivity contribution in [2.45, 2.75) is 31.3 Å². The Balaban J connectivity index is 1.64. The summed E-state index contributed by atoms with van der Waals surface area (Å²) in [4.78, 5) is 32.5. The fourth-order valence-electron chi connectivity index (χ4n) is 4.76. The Morgan fingerprint density at radius 3 is 1.78 bits per heavy atom. The highest BCUT2D eigenvalue weighted by Gasteiger charge is 2.36. The molecule has 0 aliphatic carbocycles. The maximum Gasteiger partial charge on any atom is 0.245 e. The van der Waals surface area contributed by atoms with E-state index in [9.17, 15) is 9.59 Å². The molecule has 2 aliphatic heterocycles. The number of nitrogens with one attached hydrogen (secondary N) is 2.